The highest BCUT2D eigenvalue weighted by Crippen LogP contribution is 2.26. The predicted molar refractivity (Wildman–Crippen MR) is 104 cm³/mol. The molecule has 26 heavy (non-hydrogen) atoms. The number of hydrogen-bond donors (Lipinski definition) is 2. The Kier molecular flexibility index (Phi) is 7.07. The van der Waals surface area contributed by atoms with E-state index in [1.54, 1.807) is 36.6 Å². The molecule has 3 N–H and O–H groups in total. The second-order valence-electron chi connectivity index (χ2n) is 5.31. The first kappa shape index (κ1) is 20.3. The SMILES string of the molecule is C[C@H](OC(=O)[C@H](C)Sc1ccc(Cl)cc1)C(=O)Nc1sccc1C(N)=O. The maximum absolute atomic E-state index is 12.2. The van der Waals surface area contributed by atoms with Crippen molar-refractivity contribution in [3.63, 3.8) is 0 Å². The van der Waals surface area contributed by atoms with Crippen LogP contribution < -0.4 is 11.1 Å². The van der Waals surface area contributed by atoms with Crippen LogP contribution in [0.5, 0.6) is 0 Å². The molecule has 0 aliphatic heterocycles. The molecule has 138 valence electrons. The van der Waals surface area contributed by atoms with Gasteiger partial charge in [-0.1, -0.05) is 11.6 Å². The van der Waals surface area contributed by atoms with Gasteiger partial charge in [-0.25, -0.2) is 0 Å². The molecule has 0 saturated carbocycles. The summed E-state index contributed by atoms with van der Waals surface area (Å²) in [6, 6.07) is 8.58. The topological polar surface area (TPSA) is 98.5 Å². The van der Waals surface area contributed by atoms with Crippen LogP contribution in [0.3, 0.4) is 0 Å². The van der Waals surface area contributed by atoms with Crippen LogP contribution in [0.2, 0.25) is 5.02 Å². The van der Waals surface area contributed by atoms with Gasteiger partial charge < -0.3 is 15.8 Å². The van der Waals surface area contributed by atoms with Crippen LogP contribution in [0.1, 0.15) is 24.2 Å². The molecular formula is C17H17ClN2O4S2. The normalized spacial score (nSPS) is 12.9. The molecule has 0 radical (unpaired) electrons. The van der Waals surface area contributed by atoms with Crippen LogP contribution in [-0.4, -0.2) is 29.1 Å². The van der Waals surface area contributed by atoms with Crippen molar-refractivity contribution in [1.82, 2.24) is 0 Å². The molecule has 0 aliphatic carbocycles. The Balaban J connectivity index is 1.90. The number of esters is 1. The van der Waals surface area contributed by atoms with Gasteiger partial charge in [0.05, 0.1) is 5.56 Å². The molecule has 2 amide bonds. The van der Waals surface area contributed by atoms with Crippen LogP contribution in [0.25, 0.3) is 0 Å². The number of ether oxygens (including phenoxy) is 1. The Morgan fingerprint density at radius 2 is 1.85 bits per heavy atom. The number of benzene rings is 1. The number of carbonyl (C=O) groups is 3. The van der Waals surface area contributed by atoms with Crippen LogP contribution in [-0.2, 0) is 14.3 Å². The van der Waals surface area contributed by atoms with Gasteiger partial charge in [-0.15, -0.1) is 23.1 Å². The summed E-state index contributed by atoms with van der Waals surface area (Å²) in [5, 5.41) is 4.62. The highest BCUT2D eigenvalue weighted by Gasteiger charge is 2.24. The molecule has 9 heteroatoms. The van der Waals surface area contributed by atoms with Crippen molar-refractivity contribution in [2.75, 3.05) is 5.32 Å². The van der Waals surface area contributed by atoms with Crippen LogP contribution >= 0.6 is 34.7 Å². The summed E-state index contributed by atoms with van der Waals surface area (Å²) in [5.74, 6) is -1.69. The van der Waals surface area contributed by atoms with E-state index in [2.05, 4.69) is 5.32 Å². The average Bonchev–Trinajstić information content (AvgIpc) is 3.05. The minimum Gasteiger partial charge on any atom is -0.452 e. The highest BCUT2D eigenvalue weighted by molar-refractivity contribution is 8.00. The van der Waals surface area contributed by atoms with Gasteiger partial charge in [0.1, 0.15) is 10.3 Å². The monoisotopic (exact) mass is 412 g/mol. The number of nitrogens with one attached hydrogen (secondary N) is 1. The lowest BCUT2D eigenvalue weighted by Crippen LogP contribution is -2.32. The number of halogens is 1. The molecule has 0 spiro atoms. The highest BCUT2D eigenvalue weighted by atomic mass is 35.5. The molecule has 6 nitrogen and oxygen atoms in total. The Bertz CT molecular complexity index is 807. The van der Waals surface area contributed by atoms with Gasteiger partial charge in [0, 0.05) is 9.92 Å². The molecule has 0 bridgehead atoms. The van der Waals surface area contributed by atoms with E-state index in [0.717, 1.165) is 16.2 Å². The molecule has 2 rings (SSSR count). The van der Waals surface area contributed by atoms with E-state index in [1.807, 2.05) is 0 Å². The van der Waals surface area contributed by atoms with Gasteiger partial charge in [-0.3, -0.25) is 14.4 Å². The fraction of sp³-hybridized carbons (Fsp3) is 0.235. The standard InChI is InChI=1S/C17H17ClN2O4S2/c1-9(15(22)20-16-13(14(19)21)7-8-25-16)24-17(23)10(2)26-12-5-3-11(18)4-6-12/h3-10H,1-2H3,(H2,19,21)(H,20,22)/t9-,10-/m0/s1. The van der Waals surface area contributed by atoms with Crippen molar-refractivity contribution < 1.29 is 19.1 Å². The van der Waals surface area contributed by atoms with Crippen molar-refractivity contribution >= 4 is 57.5 Å². The third-order valence-corrected chi connectivity index (χ3v) is 5.46. The number of primary amides is 1. The first-order chi connectivity index (χ1) is 12.3. The Labute approximate surface area is 164 Å². The minimum absolute atomic E-state index is 0.216. The van der Waals surface area contributed by atoms with Gasteiger partial charge >= 0.3 is 5.97 Å². The van der Waals surface area contributed by atoms with Crippen LogP contribution in [0, 0.1) is 0 Å². The molecule has 0 saturated heterocycles. The zero-order chi connectivity index (χ0) is 19.3. The number of nitrogens with two attached hydrogens (primary N) is 1. The molecule has 0 fully saturated rings. The molecule has 1 aromatic carbocycles. The summed E-state index contributed by atoms with van der Waals surface area (Å²) < 4.78 is 5.21. The minimum atomic E-state index is -1.02. The van der Waals surface area contributed by atoms with Crippen molar-refractivity contribution in [2.45, 2.75) is 30.1 Å². The van der Waals surface area contributed by atoms with Crippen LogP contribution in [0.4, 0.5) is 5.00 Å². The fourth-order valence-corrected chi connectivity index (χ4v) is 3.68. The van der Waals surface area contributed by atoms with E-state index in [9.17, 15) is 14.4 Å². The Morgan fingerprint density at radius 3 is 2.46 bits per heavy atom. The summed E-state index contributed by atoms with van der Waals surface area (Å²) in [6.07, 6.45) is -1.02. The van der Waals surface area contributed by atoms with Crippen molar-refractivity contribution in [3.8, 4) is 0 Å². The molecule has 0 unspecified atom stereocenters. The summed E-state index contributed by atoms with van der Waals surface area (Å²) in [4.78, 5) is 36.5. The smallest absolute Gasteiger partial charge is 0.319 e. The zero-order valence-corrected chi connectivity index (χ0v) is 16.4. The lowest BCUT2D eigenvalue weighted by Gasteiger charge is -2.16. The number of thioether (sulfide) groups is 1. The first-order valence-electron chi connectivity index (χ1n) is 7.58. The van der Waals surface area contributed by atoms with E-state index in [-0.39, 0.29) is 5.56 Å². The second-order valence-corrected chi connectivity index (χ2v) is 8.08. The molecule has 2 aromatic rings. The van der Waals surface area contributed by atoms with E-state index in [0.29, 0.717) is 10.0 Å². The molecule has 1 aromatic heterocycles. The quantitative estimate of drug-likeness (QED) is 0.535. The number of amides is 2. The van der Waals surface area contributed by atoms with E-state index < -0.39 is 29.1 Å². The summed E-state index contributed by atoms with van der Waals surface area (Å²) in [6.45, 7) is 3.15. The van der Waals surface area contributed by atoms with E-state index >= 15 is 0 Å². The number of carbonyl (C=O) groups excluding carboxylic acids is 3. The van der Waals surface area contributed by atoms with E-state index in [1.165, 1.54) is 24.8 Å². The number of rotatable bonds is 7. The van der Waals surface area contributed by atoms with Gasteiger partial charge in [0.25, 0.3) is 11.8 Å². The molecular weight excluding hydrogens is 396 g/mol. The maximum Gasteiger partial charge on any atom is 0.319 e. The van der Waals surface area contributed by atoms with Gasteiger partial charge in [-0.2, -0.15) is 0 Å². The zero-order valence-electron chi connectivity index (χ0n) is 14.0. The largest absolute Gasteiger partial charge is 0.452 e. The van der Waals surface area contributed by atoms with Crippen molar-refractivity contribution in [1.29, 1.82) is 0 Å². The van der Waals surface area contributed by atoms with Crippen LogP contribution in [0.15, 0.2) is 40.6 Å². The van der Waals surface area contributed by atoms with Gasteiger partial charge in [0.15, 0.2) is 6.10 Å². The predicted octanol–water partition coefficient (Wildman–Crippen LogP) is 3.55. The number of hydrogen-bond acceptors (Lipinski definition) is 6. The maximum atomic E-state index is 12.2. The third kappa shape index (κ3) is 5.48. The first-order valence-corrected chi connectivity index (χ1v) is 9.72. The third-order valence-electron chi connectivity index (χ3n) is 3.29. The lowest BCUT2D eigenvalue weighted by atomic mass is 10.3. The lowest BCUT2D eigenvalue weighted by molar-refractivity contribution is -0.152. The molecule has 1 heterocycles. The van der Waals surface area contributed by atoms with Gasteiger partial charge in [-0.05, 0) is 49.6 Å². The van der Waals surface area contributed by atoms with Gasteiger partial charge in [0.2, 0.25) is 0 Å². The summed E-state index contributed by atoms with van der Waals surface area (Å²) in [7, 11) is 0. The Hall–Kier alpha value is -2.03. The summed E-state index contributed by atoms with van der Waals surface area (Å²) in [5.41, 5.74) is 5.45. The van der Waals surface area contributed by atoms with Crippen molar-refractivity contribution in [2.24, 2.45) is 5.73 Å². The average molecular weight is 413 g/mol. The fourth-order valence-electron chi connectivity index (χ4n) is 1.90. The van der Waals surface area contributed by atoms with Crippen molar-refractivity contribution in [3.05, 3.63) is 46.3 Å². The second kappa shape index (κ2) is 9.07. The molecule has 0 aliphatic rings. The molecule has 2 atom stereocenters. The number of thiophene rings is 1. The Morgan fingerprint density at radius 1 is 1.19 bits per heavy atom. The number of anilines is 1. The summed E-state index contributed by atoms with van der Waals surface area (Å²) >= 11 is 8.30. The van der Waals surface area contributed by atoms with E-state index in [4.69, 9.17) is 22.1 Å².